The maximum absolute atomic E-state index is 5.25. The van der Waals surface area contributed by atoms with Gasteiger partial charge in [-0.1, -0.05) is 0 Å². The molecule has 0 aromatic heterocycles. The third-order valence-corrected chi connectivity index (χ3v) is 2.31. The van der Waals surface area contributed by atoms with E-state index in [-0.39, 0.29) is 12.4 Å². The molecule has 10 heavy (non-hydrogen) atoms. The molecule has 1 saturated heterocycles. The summed E-state index contributed by atoms with van der Waals surface area (Å²) >= 11 is 0. The van der Waals surface area contributed by atoms with Crippen LogP contribution in [-0.2, 0) is 4.74 Å². The van der Waals surface area contributed by atoms with E-state index < -0.39 is 0 Å². The summed E-state index contributed by atoms with van der Waals surface area (Å²) in [5.74, 6) is 0. The highest BCUT2D eigenvalue weighted by atomic mass is 35.5. The fraction of sp³-hybridized carbons (Fsp3) is 1.00. The van der Waals surface area contributed by atoms with Crippen molar-refractivity contribution >= 4 is 0 Å². The van der Waals surface area contributed by atoms with Gasteiger partial charge in [0.15, 0.2) is 0 Å². The molecule has 1 heterocycles. The Morgan fingerprint density at radius 3 is 2.10 bits per heavy atom. The van der Waals surface area contributed by atoms with E-state index in [2.05, 4.69) is 14.0 Å². The SMILES string of the molecule is CC[N+]1(C)CCOCC1.[Cl-]. The molecule has 0 spiro atoms. The molecule has 3 heteroatoms. The third kappa shape index (κ3) is 2.45. The molecule has 1 rings (SSSR count). The summed E-state index contributed by atoms with van der Waals surface area (Å²) in [5.41, 5.74) is 0. The van der Waals surface area contributed by atoms with E-state index in [4.69, 9.17) is 4.74 Å². The van der Waals surface area contributed by atoms with Crippen LogP contribution in [-0.4, -0.2) is 44.4 Å². The van der Waals surface area contributed by atoms with Gasteiger partial charge in [-0.15, -0.1) is 0 Å². The number of morpholine rings is 1. The van der Waals surface area contributed by atoms with Crippen LogP contribution < -0.4 is 12.4 Å². The summed E-state index contributed by atoms with van der Waals surface area (Å²) in [5, 5.41) is 0. The smallest absolute Gasteiger partial charge is 0.102 e. The minimum Gasteiger partial charge on any atom is -1.00 e. The van der Waals surface area contributed by atoms with Crippen LogP contribution in [0.4, 0.5) is 0 Å². The summed E-state index contributed by atoms with van der Waals surface area (Å²) in [4.78, 5) is 0. The number of quaternary nitrogens is 1. The lowest BCUT2D eigenvalue weighted by molar-refractivity contribution is -0.915. The lowest BCUT2D eigenvalue weighted by Gasteiger charge is -2.36. The zero-order valence-electron chi connectivity index (χ0n) is 6.77. The van der Waals surface area contributed by atoms with Crippen LogP contribution in [0, 0.1) is 0 Å². The van der Waals surface area contributed by atoms with Crippen molar-refractivity contribution in [1.82, 2.24) is 0 Å². The minimum atomic E-state index is 0. The molecule has 0 aromatic rings. The highest BCUT2D eigenvalue weighted by molar-refractivity contribution is 4.43. The molecule has 62 valence electrons. The molecule has 1 fully saturated rings. The second-order valence-electron chi connectivity index (χ2n) is 3.00. The Kier molecular flexibility index (Phi) is 4.25. The molecule has 0 atom stereocenters. The van der Waals surface area contributed by atoms with Crippen LogP contribution in [0.2, 0.25) is 0 Å². The van der Waals surface area contributed by atoms with Gasteiger partial charge in [-0.05, 0) is 6.92 Å². The largest absolute Gasteiger partial charge is 1.00 e. The number of hydrogen-bond acceptors (Lipinski definition) is 1. The number of hydrogen-bond donors (Lipinski definition) is 0. The Bertz CT molecular complexity index is 91.6. The van der Waals surface area contributed by atoms with Gasteiger partial charge in [0.05, 0.1) is 26.8 Å². The van der Waals surface area contributed by atoms with Gasteiger partial charge in [-0.3, -0.25) is 0 Å². The molecule has 0 bridgehead atoms. The lowest BCUT2D eigenvalue weighted by atomic mass is 10.3. The van der Waals surface area contributed by atoms with Crippen LogP contribution in [0.1, 0.15) is 6.92 Å². The Morgan fingerprint density at radius 2 is 1.80 bits per heavy atom. The van der Waals surface area contributed by atoms with Crippen LogP contribution >= 0.6 is 0 Å². The maximum atomic E-state index is 5.25. The van der Waals surface area contributed by atoms with Gasteiger partial charge in [-0.2, -0.15) is 0 Å². The van der Waals surface area contributed by atoms with Crippen molar-refractivity contribution in [3.8, 4) is 0 Å². The molecular weight excluding hydrogens is 150 g/mol. The third-order valence-electron chi connectivity index (χ3n) is 2.31. The van der Waals surface area contributed by atoms with Crippen LogP contribution in [0.25, 0.3) is 0 Å². The molecule has 0 saturated carbocycles. The van der Waals surface area contributed by atoms with E-state index >= 15 is 0 Å². The molecule has 2 nitrogen and oxygen atoms in total. The minimum absolute atomic E-state index is 0. The average molecular weight is 166 g/mol. The Hall–Kier alpha value is 0.210. The predicted octanol–water partition coefficient (Wildman–Crippen LogP) is -2.51. The first-order valence-corrected chi connectivity index (χ1v) is 3.68. The summed E-state index contributed by atoms with van der Waals surface area (Å²) in [6.45, 7) is 7.76. The van der Waals surface area contributed by atoms with E-state index in [1.165, 1.54) is 24.1 Å². The van der Waals surface area contributed by atoms with Gasteiger partial charge in [-0.25, -0.2) is 0 Å². The second kappa shape index (κ2) is 4.16. The topological polar surface area (TPSA) is 9.23 Å². The fourth-order valence-corrected chi connectivity index (χ4v) is 1.10. The van der Waals surface area contributed by atoms with E-state index in [1.54, 1.807) is 0 Å². The molecule has 0 unspecified atom stereocenters. The maximum Gasteiger partial charge on any atom is 0.102 e. The standard InChI is InChI=1S/C7H16NO.ClH/c1-3-8(2)4-6-9-7-5-8;/h3-7H2,1-2H3;1H/q+1;/p-1. The summed E-state index contributed by atoms with van der Waals surface area (Å²) < 4.78 is 6.45. The normalized spacial score (nSPS) is 23.4. The zero-order chi connectivity index (χ0) is 6.74. The molecule has 1 aliphatic heterocycles. The first-order chi connectivity index (χ1) is 4.27. The number of rotatable bonds is 1. The lowest BCUT2D eigenvalue weighted by Crippen LogP contribution is -3.00. The summed E-state index contributed by atoms with van der Waals surface area (Å²) in [6, 6.07) is 0. The van der Waals surface area contributed by atoms with Gasteiger partial charge >= 0.3 is 0 Å². The molecule has 0 N–H and O–H groups in total. The molecule has 0 radical (unpaired) electrons. The van der Waals surface area contributed by atoms with E-state index in [0.29, 0.717) is 0 Å². The second-order valence-corrected chi connectivity index (χ2v) is 3.00. The first-order valence-electron chi connectivity index (χ1n) is 3.68. The Balaban J connectivity index is 0.000000810. The molecule has 0 amide bonds. The van der Waals surface area contributed by atoms with Crippen LogP contribution in [0.15, 0.2) is 0 Å². The van der Waals surface area contributed by atoms with Gasteiger partial charge in [0.25, 0.3) is 0 Å². The first kappa shape index (κ1) is 10.2. The summed E-state index contributed by atoms with van der Waals surface area (Å²) in [6.07, 6.45) is 0. The van der Waals surface area contributed by atoms with Crippen LogP contribution in [0.3, 0.4) is 0 Å². The fourth-order valence-electron chi connectivity index (χ4n) is 1.10. The molecule has 0 aromatic carbocycles. The molecule has 0 aliphatic carbocycles. The Labute approximate surface area is 69.2 Å². The van der Waals surface area contributed by atoms with E-state index in [1.807, 2.05) is 0 Å². The summed E-state index contributed by atoms with van der Waals surface area (Å²) in [7, 11) is 2.29. The predicted molar refractivity (Wildman–Crippen MR) is 37.3 cm³/mol. The van der Waals surface area contributed by atoms with Crippen molar-refractivity contribution in [3.05, 3.63) is 0 Å². The van der Waals surface area contributed by atoms with Gasteiger partial charge in [0, 0.05) is 0 Å². The van der Waals surface area contributed by atoms with Gasteiger partial charge < -0.3 is 21.6 Å². The van der Waals surface area contributed by atoms with Crippen molar-refractivity contribution in [2.24, 2.45) is 0 Å². The number of likely N-dealkylation sites (N-methyl/N-ethyl adjacent to an activating group) is 1. The number of nitrogens with zero attached hydrogens (tertiary/aromatic N) is 1. The van der Waals surface area contributed by atoms with Crippen molar-refractivity contribution in [1.29, 1.82) is 0 Å². The number of ether oxygens (including phenoxy) is 1. The quantitative estimate of drug-likeness (QED) is 0.390. The van der Waals surface area contributed by atoms with Gasteiger partial charge in [0.1, 0.15) is 13.1 Å². The monoisotopic (exact) mass is 165 g/mol. The van der Waals surface area contributed by atoms with E-state index in [0.717, 1.165) is 13.2 Å². The van der Waals surface area contributed by atoms with Gasteiger partial charge in [0.2, 0.25) is 0 Å². The number of halogens is 1. The van der Waals surface area contributed by atoms with Crippen molar-refractivity contribution in [2.45, 2.75) is 6.92 Å². The zero-order valence-corrected chi connectivity index (χ0v) is 7.52. The van der Waals surface area contributed by atoms with Crippen LogP contribution in [0.5, 0.6) is 0 Å². The average Bonchev–Trinajstić information content (AvgIpc) is 1.90. The van der Waals surface area contributed by atoms with Crippen molar-refractivity contribution in [2.75, 3.05) is 39.9 Å². The highest BCUT2D eigenvalue weighted by Gasteiger charge is 2.21. The van der Waals surface area contributed by atoms with Crippen molar-refractivity contribution in [3.63, 3.8) is 0 Å². The highest BCUT2D eigenvalue weighted by Crippen LogP contribution is 2.05. The molecule has 1 aliphatic rings. The van der Waals surface area contributed by atoms with Crippen molar-refractivity contribution < 1.29 is 21.6 Å². The Morgan fingerprint density at radius 1 is 1.30 bits per heavy atom. The molecular formula is C7H16ClNO. The van der Waals surface area contributed by atoms with E-state index in [9.17, 15) is 0 Å².